The van der Waals surface area contributed by atoms with Crippen molar-refractivity contribution in [3.05, 3.63) is 34.9 Å². The maximum absolute atomic E-state index is 13.8. The summed E-state index contributed by atoms with van der Waals surface area (Å²) in [6.45, 7) is 3.05. The van der Waals surface area contributed by atoms with E-state index in [4.69, 9.17) is 4.74 Å². The van der Waals surface area contributed by atoms with E-state index in [2.05, 4.69) is 0 Å². The van der Waals surface area contributed by atoms with Crippen molar-refractivity contribution in [1.82, 2.24) is 4.90 Å². The normalized spacial score (nSPS) is 15.2. The van der Waals surface area contributed by atoms with E-state index in [9.17, 15) is 27.2 Å². The van der Waals surface area contributed by atoms with Gasteiger partial charge in [0.1, 0.15) is 6.04 Å². The van der Waals surface area contributed by atoms with Crippen molar-refractivity contribution >= 4 is 11.9 Å². The maximum Gasteiger partial charge on any atom is 0.328 e. The quantitative estimate of drug-likeness (QED) is 0.360. The number of ether oxygens (including phenoxy) is 1. The molecule has 0 aromatic heterocycles. The Bertz CT molecular complexity index is 646. The molecule has 1 fully saturated rings. The number of carbonyl (C=O) groups is 2. The SMILES string of the molecule is CCOC(=O)[C@H](C)N(C(=O)c1cc(F)c(F)c(F)c1F)C1CC1. The minimum absolute atomic E-state index is 0.0873. The van der Waals surface area contributed by atoms with Crippen LogP contribution in [-0.2, 0) is 9.53 Å². The molecular formula is C15H15F4NO3. The van der Waals surface area contributed by atoms with E-state index in [0.29, 0.717) is 18.9 Å². The predicted molar refractivity (Wildman–Crippen MR) is 71.6 cm³/mol. The largest absolute Gasteiger partial charge is 0.464 e. The Hall–Kier alpha value is -2.12. The van der Waals surface area contributed by atoms with Crippen LogP contribution in [0.3, 0.4) is 0 Å². The summed E-state index contributed by atoms with van der Waals surface area (Å²) in [4.78, 5) is 25.3. The molecule has 0 N–H and O–H groups in total. The van der Waals surface area contributed by atoms with Gasteiger partial charge in [0.2, 0.25) is 0 Å². The molecule has 2 rings (SSSR count). The van der Waals surface area contributed by atoms with Gasteiger partial charge in [-0.05, 0) is 32.8 Å². The van der Waals surface area contributed by atoms with Crippen molar-refractivity contribution in [3.8, 4) is 0 Å². The molecule has 1 aliphatic rings. The molecular weight excluding hydrogens is 318 g/mol. The van der Waals surface area contributed by atoms with Gasteiger partial charge in [-0.2, -0.15) is 0 Å². The maximum atomic E-state index is 13.8. The smallest absolute Gasteiger partial charge is 0.328 e. The number of benzene rings is 1. The summed E-state index contributed by atoms with van der Waals surface area (Å²) in [5.41, 5.74) is -0.954. The van der Waals surface area contributed by atoms with Crippen molar-refractivity contribution in [1.29, 1.82) is 0 Å². The van der Waals surface area contributed by atoms with Gasteiger partial charge >= 0.3 is 5.97 Å². The lowest BCUT2D eigenvalue weighted by Gasteiger charge is -2.28. The number of hydrogen-bond acceptors (Lipinski definition) is 3. The number of carbonyl (C=O) groups excluding carboxylic acids is 2. The van der Waals surface area contributed by atoms with Crippen LogP contribution in [0.4, 0.5) is 17.6 Å². The molecule has 0 unspecified atom stereocenters. The molecule has 23 heavy (non-hydrogen) atoms. The molecule has 1 amide bonds. The fourth-order valence-corrected chi connectivity index (χ4v) is 2.25. The molecule has 1 aromatic rings. The lowest BCUT2D eigenvalue weighted by Crippen LogP contribution is -2.46. The van der Waals surface area contributed by atoms with Crippen LogP contribution in [0.1, 0.15) is 37.0 Å². The van der Waals surface area contributed by atoms with Crippen LogP contribution in [0.2, 0.25) is 0 Å². The molecule has 126 valence electrons. The third kappa shape index (κ3) is 3.30. The molecule has 1 atom stereocenters. The Labute approximate surface area is 130 Å². The standard InChI is InChI=1S/C15H15F4NO3/c1-3-23-15(22)7(2)20(8-4-5-8)14(21)9-6-10(16)12(18)13(19)11(9)17/h6-8H,3-5H2,1-2H3/t7-/m0/s1. The van der Waals surface area contributed by atoms with Crippen LogP contribution >= 0.6 is 0 Å². The number of esters is 1. The number of halogens is 4. The zero-order chi connectivity index (χ0) is 17.3. The number of hydrogen-bond donors (Lipinski definition) is 0. The van der Waals surface area contributed by atoms with E-state index < -0.39 is 46.8 Å². The lowest BCUT2D eigenvalue weighted by molar-refractivity contribution is -0.148. The van der Waals surface area contributed by atoms with Crippen LogP contribution in [-0.4, -0.2) is 35.5 Å². The third-order valence-corrected chi connectivity index (χ3v) is 3.55. The topological polar surface area (TPSA) is 46.6 Å². The first-order chi connectivity index (χ1) is 10.8. The van der Waals surface area contributed by atoms with Crippen LogP contribution < -0.4 is 0 Å². The Morgan fingerprint density at radius 3 is 2.35 bits per heavy atom. The predicted octanol–water partition coefficient (Wildman–Crippen LogP) is 2.80. The molecule has 1 aromatic carbocycles. The summed E-state index contributed by atoms with van der Waals surface area (Å²) in [5, 5.41) is 0. The first-order valence-corrected chi connectivity index (χ1v) is 7.11. The highest BCUT2D eigenvalue weighted by Gasteiger charge is 2.40. The molecule has 0 heterocycles. The molecule has 0 saturated heterocycles. The van der Waals surface area contributed by atoms with Gasteiger partial charge in [-0.15, -0.1) is 0 Å². The number of amides is 1. The monoisotopic (exact) mass is 333 g/mol. The van der Waals surface area contributed by atoms with Crippen molar-refractivity contribution in [2.24, 2.45) is 0 Å². The van der Waals surface area contributed by atoms with Gasteiger partial charge in [0.05, 0.1) is 12.2 Å². The van der Waals surface area contributed by atoms with Gasteiger partial charge in [-0.3, -0.25) is 4.79 Å². The Morgan fingerprint density at radius 1 is 1.22 bits per heavy atom. The van der Waals surface area contributed by atoms with Crippen LogP contribution in [0.15, 0.2) is 6.07 Å². The average Bonchev–Trinajstić information content (AvgIpc) is 3.33. The zero-order valence-electron chi connectivity index (χ0n) is 12.5. The van der Waals surface area contributed by atoms with E-state index in [1.807, 2.05) is 0 Å². The molecule has 0 spiro atoms. The Kier molecular flexibility index (Phi) is 4.91. The summed E-state index contributed by atoms with van der Waals surface area (Å²) >= 11 is 0. The van der Waals surface area contributed by atoms with Gasteiger partial charge in [0.25, 0.3) is 5.91 Å². The van der Waals surface area contributed by atoms with Gasteiger partial charge in [0.15, 0.2) is 23.3 Å². The summed E-state index contributed by atoms with van der Waals surface area (Å²) in [6.07, 6.45) is 1.15. The van der Waals surface area contributed by atoms with E-state index in [-0.39, 0.29) is 12.6 Å². The fraction of sp³-hybridized carbons (Fsp3) is 0.467. The highest BCUT2D eigenvalue weighted by molar-refractivity contribution is 5.97. The molecule has 8 heteroatoms. The van der Waals surface area contributed by atoms with E-state index >= 15 is 0 Å². The lowest BCUT2D eigenvalue weighted by atomic mass is 10.1. The average molecular weight is 333 g/mol. The summed E-state index contributed by atoms with van der Waals surface area (Å²) in [6, 6.07) is -1.11. The summed E-state index contributed by atoms with van der Waals surface area (Å²) < 4.78 is 58.2. The minimum Gasteiger partial charge on any atom is -0.464 e. The molecule has 1 aliphatic carbocycles. The highest BCUT2D eigenvalue weighted by atomic mass is 19.2. The number of nitrogens with zero attached hydrogens (tertiary/aromatic N) is 1. The minimum atomic E-state index is -2.06. The Balaban J connectivity index is 2.38. The molecule has 4 nitrogen and oxygen atoms in total. The fourth-order valence-electron chi connectivity index (χ4n) is 2.25. The summed E-state index contributed by atoms with van der Waals surface area (Å²) in [5.74, 6) is -9.30. The molecule has 1 saturated carbocycles. The van der Waals surface area contributed by atoms with Crippen molar-refractivity contribution in [3.63, 3.8) is 0 Å². The third-order valence-electron chi connectivity index (χ3n) is 3.55. The number of rotatable bonds is 5. The zero-order valence-corrected chi connectivity index (χ0v) is 12.5. The van der Waals surface area contributed by atoms with E-state index in [0.717, 1.165) is 4.90 Å². The molecule has 0 aliphatic heterocycles. The van der Waals surface area contributed by atoms with Crippen molar-refractivity contribution in [2.75, 3.05) is 6.61 Å². The second-order valence-corrected chi connectivity index (χ2v) is 5.22. The van der Waals surface area contributed by atoms with E-state index in [1.54, 1.807) is 6.92 Å². The van der Waals surface area contributed by atoms with Gasteiger partial charge < -0.3 is 9.64 Å². The van der Waals surface area contributed by atoms with Crippen molar-refractivity contribution < 1.29 is 31.9 Å². The molecule has 0 radical (unpaired) electrons. The van der Waals surface area contributed by atoms with Crippen LogP contribution in [0.25, 0.3) is 0 Å². The second-order valence-electron chi connectivity index (χ2n) is 5.22. The highest BCUT2D eigenvalue weighted by Crippen LogP contribution is 2.31. The van der Waals surface area contributed by atoms with Gasteiger partial charge in [-0.25, -0.2) is 22.4 Å². The first kappa shape index (κ1) is 17.2. The van der Waals surface area contributed by atoms with Crippen molar-refractivity contribution in [2.45, 2.75) is 38.8 Å². The molecule has 0 bridgehead atoms. The van der Waals surface area contributed by atoms with Crippen LogP contribution in [0.5, 0.6) is 0 Å². The van der Waals surface area contributed by atoms with Gasteiger partial charge in [0, 0.05) is 6.04 Å². The second kappa shape index (κ2) is 6.55. The summed E-state index contributed by atoms with van der Waals surface area (Å²) in [7, 11) is 0. The van der Waals surface area contributed by atoms with Gasteiger partial charge in [-0.1, -0.05) is 0 Å². The Morgan fingerprint density at radius 2 is 1.83 bits per heavy atom. The van der Waals surface area contributed by atoms with Crippen LogP contribution in [0, 0.1) is 23.3 Å². The first-order valence-electron chi connectivity index (χ1n) is 7.11. The van der Waals surface area contributed by atoms with E-state index in [1.165, 1.54) is 6.92 Å².